The first kappa shape index (κ1) is 34.8. The van der Waals surface area contributed by atoms with Gasteiger partial charge in [0.15, 0.2) is 5.82 Å². The lowest BCUT2D eigenvalue weighted by molar-refractivity contribution is -0.147. The number of hydrogen-bond donors (Lipinski definition) is 2. The van der Waals surface area contributed by atoms with Gasteiger partial charge in [0.05, 0.1) is 52.0 Å². The van der Waals surface area contributed by atoms with Gasteiger partial charge in [-0.2, -0.15) is 0 Å². The van der Waals surface area contributed by atoms with Gasteiger partial charge in [-0.3, -0.25) is 28.8 Å². The van der Waals surface area contributed by atoms with Gasteiger partial charge in [-0.1, -0.05) is 41.4 Å². The number of methoxy groups -OCH3 is 1. The fourth-order valence-electron chi connectivity index (χ4n) is 6.60. The van der Waals surface area contributed by atoms with E-state index in [4.69, 9.17) is 32.9 Å². The molecule has 0 unspecified atom stereocenters. The van der Waals surface area contributed by atoms with E-state index in [0.29, 0.717) is 84.7 Å². The molecule has 2 N–H and O–H groups in total. The van der Waals surface area contributed by atoms with Crippen LogP contribution in [0.25, 0.3) is 22.5 Å². The Kier molecular flexibility index (Phi) is 10.2. The van der Waals surface area contributed by atoms with Crippen LogP contribution in [-0.4, -0.2) is 86.3 Å². The van der Waals surface area contributed by atoms with E-state index in [-0.39, 0.29) is 17.5 Å². The number of hydrogen-bond acceptors (Lipinski definition) is 8. The number of aliphatic carboxylic acids is 1. The van der Waals surface area contributed by atoms with Gasteiger partial charge in [0, 0.05) is 74.8 Å². The SMILES string of the molecule is COc1nc(-c2ccnc(-c3cccc(NC(=O)c4nc5c(n4C)CCN(CCCF)C5)c3Cl)c2Cl)ccc1CN1CC[C@](C)(C(=O)O)C1. The van der Waals surface area contributed by atoms with Crippen LogP contribution in [0, 0.1) is 5.41 Å². The molecule has 2 aliphatic rings. The van der Waals surface area contributed by atoms with Gasteiger partial charge < -0.3 is 19.7 Å². The Morgan fingerprint density at radius 2 is 1.90 bits per heavy atom. The number of fused-ring (bicyclic) bond motifs is 1. The number of likely N-dealkylation sites (tertiary alicyclic amines) is 1. The number of carboxylic acids is 1. The number of nitrogens with one attached hydrogen (secondary N) is 1. The first-order valence-electron chi connectivity index (χ1n) is 16.1. The third-order valence-corrected chi connectivity index (χ3v) is 10.2. The van der Waals surface area contributed by atoms with E-state index in [1.807, 2.05) is 23.7 Å². The molecule has 3 aromatic heterocycles. The van der Waals surface area contributed by atoms with Crippen molar-refractivity contribution in [3.05, 3.63) is 75.4 Å². The highest BCUT2D eigenvalue weighted by atomic mass is 35.5. The average molecular weight is 711 g/mol. The lowest BCUT2D eigenvalue weighted by Crippen LogP contribution is -2.32. The highest BCUT2D eigenvalue weighted by Crippen LogP contribution is 2.40. The quantitative estimate of drug-likeness (QED) is 0.189. The maximum Gasteiger partial charge on any atom is 0.310 e. The minimum Gasteiger partial charge on any atom is -0.481 e. The predicted molar refractivity (Wildman–Crippen MR) is 186 cm³/mol. The zero-order chi connectivity index (χ0) is 34.9. The van der Waals surface area contributed by atoms with Crippen molar-refractivity contribution in [1.29, 1.82) is 0 Å². The number of carboxylic acid groups (broad SMARTS) is 1. The van der Waals surface area contributed by atoms with E-state index in [0.717, 1.165) is 29.9 Å². The molecule has 1 fully saturated rings. The van der Waals surface area contributed by atoms with E-state index in [2.05, 4.69) is 25.1 Å². The van der Waals surface area contributed by atoms with Gasteiger partial charge in [-0.15, -0.1) is 0 Å². The molecule has 14 heteroatoms. The number of carbonyl (C=O) groups excluding carboxylic acids is 1. The van der Waals surface area contributed by atoms with Crippen LogP contribution in [0.3, 0.4) is 0 Å². The molecule has 0 bridgehead atoms. The van der Waals surface area contributed by atoms with Gasteiger partial charge in [0.1, 0.15) is 0 Å². The van der Waals surface area contributed by atoms with Crippen LogP contribution in [0.15, 0.2) is 42.6 Å². The topological polar surface area (TPSA) is 126 Å². The zero-order valence-electron chi connectivity index (χ0n) is 27.6. The lowest BCUT2D eigenvalue weighted by Gasteiger charge is -2.26. The molecule has 1 aromatic carbocycles. The van der Waals surface area contributed by atoms with Crippen LogP contribution in [0.5, 0.6) is 5.88 Å². The molecule has 6 rings (SSSR count). The number of carbonyl (C=O) groups is 2. The fraction of sp³-hybridized carbons (Fsp3) is 0.400. The van der Waals surface area contributed by atoms with Crippen molar-refractivity contribution in [2.75, 3.05) is 45.3 Å². The number of amides is 1. The Bertz CT molecular complexity index is 1900. The summed E-state index contributed by atoms with van der Waals surface area (Å²) < 4.78 is 20.2. The van der Waals surface area contributed by atoms with Crippen molar-refractivity contribution >= 4 is 40.8 Å². The number of anilines is 1. The summed E-state index contributed by atoms with van der Waals surface area (Å²) in [5, 5.41) is 13.1. The highest BCUT2D eigenvalue weighted by Gasteiger charge is 2.40. The second-order valence-corrected chi connectivity index (χ2v) is 13.5. The molecule has 0 aliphatic carbocycles. The molecule has 1 saturated heterocycles. The third kappa shape index (κ3) is 7.00. The number of pyridine rings is 2. The van der Waals surface area contributed by atoms with Crippen molar-refractivity contribution in [2.24, 2.45) is 12.5 Å². The van der Waals surface area contributed by atoms with Crippen LogP contribution in [0.2, 0.25) is 10.0 Å². The average Bonchev–Trinajstić information content (AvgIpc) is 3.64. The van der Waals surface area contributed by atoms with Crippen molar-refractivity contribution in [3.63, 3.8) is 0 Å². The van der Waals surface area contributed by atoms with Gasteiger partial charge in [0.25, 0.3) is 5.91 Å². The predicted octanol–water partition coefficient (Wildman–Crippen LogP) is 6.13. The number of halogens is 3. The van der Waals surface area contributed by atoms with Gasteiger partial charge in [-0.05, 0) is 44.5 Å². The molecular weight excluding hydrogens is 672 g/mol. The van der Waals surface area contributed by atoms with Crippen LogP contribution >= 0.6 is 23.2 Å². The van der Waals surface area contributed by atoms with Crippen molar-refractivity contribution in [1.82, 2.24) is 29.3 Å². The number of benzene rings is 1. The molecule has 0 saturated carbocycles. The van der Waals surface area contributed by atoms with Gasteiger partial charge >= 0.3 is 5.97 Å². The Labute approximate surface area is 294 Å². The molecule has 5 heterocycles. The Morgan fingerprint density at radius 1 is 1.08 bits per heavy atom. The summed E-state index contributed by atoms with van der Waals surface area (Å²) in [6.45, 7) is 5.03. The summed E-state index contributed by atoms with van der Waals surface area (Å²) >= 11 is 13.9. The maximum absolute atomic E-state index is 13.5. The van der Waals surface area contributed by atoms with E-state index in [1.54, 1.807) is 44.5 Å². The molecule has 11 nitrogen and oxygen atoms in total. The number of aromatic nitrogens is 4. The summed E-state index contributed by atoms with van der Waals surface area (Å²) in [6.07, 6.45) is 3.39. The Hall–Kier alpha value is -4.10. The lowest BCUT2D eigenvalue weighted by atomic mass is 9.90. The summed E-state index contributed by atoms with van der Waals surface area (Å²) in [4.78, 5) is 43.3. The molecule has 1 atom stereocenters. The van der Waals surface area contributed by atoms with Gasteiger partial charge in [0.2, 0.25) is 5.88 Å². The number of nitrogens with zero attached hydrogens (tertiary/aromatic N) is 6. The van der Waals surface area contributed by atoms with E-state index in [1.165, 1.54) is 0 Å². The normalized spacial score (nSPS) is 18.0. The van der Waals surface area contributed by atoms with E-state index >= 15 is 0 Å². The fourth-order valence-corrected chi connectivity index (χ4v) is 7.17. The molecule has 4 aromatic rings. The van der Waals surface area contributed by atoms with E-state index < -0.39 is 17.3 Å². The minimum absolute atomic E-state index is 0.263. The van der Waals surface area contributed by atoms with Crippen LogP contribution in [0.1, 0.15) is 47.3 Å². The molecule has 0 radical (unpaired) electrons. The molecule has 49 heavy (non-hydrogen) atoms. The number of imidazole rings is 1. The second kappa shape index (κ2) is 14.4. The number of ether oxygens (including phenoxy) is 1. The van der Waals surface area contributed by atoms with Crippen molar-refractivity contribution < 1.29 is 23.8 Å². The zero-order valence-corrected chi connectivity index (χ0v) is 29.1. The number of rotatable bonds is 11. The first-order valence-corrected chi connectivity index (χ1v) is 16.9. The third-order valence-electron chi connectivity index (χ3n) is 9.41. The molecule has 1 amide bonds. The van der Waals surface area contributed by atoms with Crippen LogP contribution in [-0.2, 0) is 31.4 Å². The summed E-state index contributed by atoms with van der Waals surface area (Å²) in [7, 11) is 3.37. The minimum atomic E-state index is -0.794. The Balaban J connectivity index is 1.22. The molecule has 0 spiro atoms. The smallest absolute Gasteiger partial charge is 0.310 e. The molecule has 2 aliphatic heterocycles. The van der Waals surface area contributed by atoms with Gasteiger partial charge in [-0.25, -0.2) is 9.97 Å². The standard InChI is InChI=1S/C35H38Cl2FN7O4/c1-35(34(47)48)12-17-45(20-35)18-21-8-9-24(42-33(21)49-3)22-10-14-39-30(29(22)37)23-6-4-7-25(28(23)36)41-32(46)31-40-26-19-44(15-5-13-38)16-11-27(26)43(31)2/h4,6-10,14H,5,11-13,15-20H2,1-3H3,(H,41,46)(H,47,48)/t35-/m0/s1. The summed E-state index contributed by atoms with van der Waals surface area (Å²) in [5.74, 6) is -0.516. The largest absolute Gasteiger partial charge is 0.481 e. The molecular formula is C35H38Cl2FN7O4. The summed E-state index contributed by atoms with van der Waals surface area (Å²) in [6, 6.07) is 10.8. The maximum atomic E-state index is 13.5. The van der Waals surface area contributed by atoms with Crippen LogP contribution in [0.4, 0.5) is 10.1 Å². The van der Waals surface area contributed by atoms with E-state index in [9.17, 15) is 19.1 Å². The number of alkyl halides is 1. The second-order valence-electron chi connectivity index (χ2n) is 12.8. The van der Waals surface area contributed by atoms with Crippen LogP contribution < -0.4 is 10.1 Å². The monoisotopic (exact) mass is 709 g/mol. The first-order chi connectivity index (χ1) is 23.5. The highest BCUT2D eigenvalue weighted by molar-refractivity contribution is 6.39. The Morgan fingerprint density at radius 3 is 2.63 bits per heavy atom. The van der Waals surface area contributed by atoms with Crippen molar-refractivity contribution in [3.8, 4) is 28.4 Å². The molecule has 258 valence electrons. The summed E-state index contributed by atoms with van der Waals surface area (Å²) in [5.41, 5.74) is 4.36. The van der Waals surface area contributed by atoms with Crippen molar-refractivity contribution in [2.45, 2.75) is 39.3 Å².